The van der Waals surface area contributed by atoms with Crippen molar-refractivity contribution in [2.75, 3.05) is 24.6 Å². The van der Waals surface area contributed by atoms with Crippen LogP contribution in [0.25, 0.3) is 0 Å². The lowest BCUT2D eigenvalue weighted by atomic mass is 9.97. The summed E-state index contributed by atoms with van der Waals surface area (Å²) in [5.74, 6) is 0.368. The normalized spacial score (nSPS) is 15.4. The van der Waals surface area contributed by atoms with Crippen molar-refractivity contribution >= 4 is 11.8 Å². The van der Waals surface area contributed by atoms with Crippen LogP contribution in [0.4, 0.5) is 19.0 Å². The van der Waals surface area contributed by atoms with E-state index in [2.05, 4.69) is 15.1 Å². The molecule has 1 fully saturated rings. The second-order valence-electron chi connectivity index (χ2n) is 6.73. The van der Waals surface area contributed by atoms with Crippen molar-refractivity contribution < 1.29 is 27.4 Å². The van der Waals surface area contributed by atoms with Gasteiger partial charge < -0.3 is 14.4 Å². The first-order valence-electron chi connectivity index (χ1n) is 9.23. The molecule has 0 aliphatic carbocycles. The minimum absolute atomic E-state index is 0.0777. The Hall–Kier alpha value is -2.85. The Bertz CT molecular complexity index is 876. The summed E-state index contributed by atoms with van der Waals surface area (Å²) < 4.78 is 50.2. The molecule has 2 aromatic heterocycles. The van der Waals surface area contributed by atoms with Gasteiger partial charge in [-0.3, -0.25) is 4.79 Å². The number of carbonyl (C=O) groups is 1. The molecule has 0 aromatic carbocycles. The number of aromatic nitrogens is 4. The highest BCUT2D eigenvalue weighted by Gasteiger charge is 2.35. The molecule has 0 amide bonds. The van der Waals surface area contributed by atoms with Gasteiger partial charge in [0, 0.05) is 26.2 Å². The number of hydrogen-bond donors (Lipinski definition) is 0. The smallest absolute Gasteiger partial charge is 0.435 e. The third-order valence-corrected chi connectivity index (χ3v) is 4.75. The van der Waals surface area contributed by atoms with Crippen LogP contribution in [0.1, 0.15) is 31.0 Å². The monoisotopic (exact) mass is 413 g/mol. The van der Waals surface area contributed by atoms with Crippen molar-refractivity contribution in [3.63, 3.8) is 0 Å². The molecule has 8 nitrogen and oxygen atoms in total. The zero-order valence-corrected chi connectivity index (χ0v) is 16.4. The van der Waals surface area contributed by atoms with Crippen LogP contribution in [0.5, 0.6) is 11.8 Å². The minimum Gasteiger partial charge on any atom is -0.466 e. The van der Waals surface area contributed by atoms with E-state index >= 15 is 0 Å². The van der Waals surface area contributed by atoms with E-state index in [0.717, 1.165) is 10.7 Å². The van der Waals surface area contributed by atoms with Gasteiger partial charge >= 0.3 is 12.1 Å². The van der Waals surface area contributed by atoms with Crippen molar-refractivity contribution in [3.05, 3.63) is 23.7 Å². The Morgan fingerprint density at radius 2 is 1.97 bits per heavy atom. The van der Waals surface area contributed by atoms with Gasteiger partial charge in [0.15, 0.2) is 5.69 Å². The Labute approximate surface area is 165 Å². The molecule has 1 saturated heterocycles. The SMILES string of the molecule is CCOC(=O)C1CCN(c2ncnc(Oc3cc(C(F)(F)F)nn3C)c2C)CC1. The molecule has 0 unspecified atom stereocenters. The summed E-state index contributed by atoms with van der Waals surface area (Å²) >= 11 is 0. The lowest BCUT2D eigenvalue weighted by molar-refractivity contribution is -0.148. The molecule has 29 heavy (non-hydrogen) atoms. The van der Waals surface area contributed by atoms with Gasteiger partial charge in [0.05, 0.1) is 18.1 Å². The zero-order valence-electron chi connectivity index (χ0n) is 16.4. The summed E-state index contributed by atoms with van der Waals surface area (Å²) in [6.45, 7) is 5.08. The van der Waals surface area contributed by atoms with Crippen LogP contribution < -0.4 is 9.64 Å². The number of halogens is 3. The van der Waals surface area contributed by atoms with Gasteiger partial charge in [0.25, 0.3) is 0 Å². The average Bonchev–Trinajstić information content (AvgIpc) is 3.05. The third-order valence-electron chi connectivity index (χ3n) is 4.75. The van der Waals surface area contributed by atoms with Gasteiger partial charge in [0.1, 0.15) is 12.1 Å². The fourth-order valence-electron chi connectivity index (χ4n) is 3.22. The van der Waals surface area contributed by atoms with E-state index in [-0.39, 0.29) is 23.6 Å². The number of piperidine rings is 1. The first-order chi connectivity index (χ1) is 13.7. The van der Waals surface area contributed by atoms with Gasteiger partial charge in [-0.2, -0.15) is 18.3 Å². The Morgan fingerprint density at radius 3 is 2.55 bits per heavy atom. The van der Waals surface area contributed by atoms with Crippen LogP contribution >= 0.6 is 0 Å². The highest BCUT2D eigenvalue weighted by molar-refractivity contribution is 5.73. The molecular weight excluding hydrogens is 391 g/mol. The molecule has 1 aliphatic heterocycles. The van der Waals surface area contributed by atoms with Gasteiger partial charge in [-0.15, -0.1) is 0 Å². The summed E-state index contributed by atoms with van der Waals surface area (Å²) in [7, 11) is 1.36. The maximum atomic E-state index is 12.8. The predicted octanol–water partition coefficient (Wildman–Crippen LogP) is 3.11. The van der Waals surface area contributed by atoms with Crippen molar-refractivity contribution in [3.8, 4) is 11.8 Å². The van der Waals surface area contributed by atoms with Crippen molar-refractivity contribution in [2.24, 2.45) is 13.0 Å². The van der Waals surface area contributed by atoms with Gasteiger partial charge in [0.2, 0.25) is 11.8 Å². The van der Waals surface area contributed by atoms with Crippen LogP contribution in [0.15, 0.2) is 12.4 Å². The van der Waals surface area contributed by atoms with Crippen LogP contribution in [0.2, 0.25) is 0 Å². The van der Waals surface area contributed by atoms with E-state index in [4.69, 9.17) is 9.47 Å². The number of anilines is 1. The number of carbonyl (C=O) groups excluding carboxylic acids is 1. The summed E-state index contributed by atoms with van der Waals surface area (Å²) in [6.07, 6.45) is -1.99. The number of esters is 1. The molecule has 0 spiro atoms. The highest BCUT2D eigenvalue weighted by Crippen LogP contribution is 2.34. The van der Waals surface area contributed by atoms with E-state index in [1.54, 1.807) is 13.8 Å². The van der Waals surface area contributed by atoms with Gasteiger partial charge in [-0.05, 0) is 26.7 Å². The maximum absolute atomic E-state index is 12.8. The number of hydrogen-bond acceptors (Lipinski definition) is 7. The molecule has 0 radical (unpaired) electrons. The quantitative estimate of drug-likeness (QED) is 0.697. The zero-order chi connectivity index (χ0) is 21.2. The molecular formula is C18H22F3N5O3. The first kappa shape index (κ1) is 20.9. The first-order valence-corrected chi connectivity index (χ1v) is 9.23. The van der Waals surface area contributed by atoms with Crippen LogP contribution in [0, 0.1) is 12.8 Å². The molecule has 0 atom stereocenters. The third kappa shape index (κ3) is 4.60. The van der Waals surface area contributed by atoms with Crippen LogP contribution in [-0.4, -0.2) is 45.4 Å². The molecule has 11 heteroatoms. The average molecular weight is 413 g/mol. The van der Waals surface area contributed by atoms with Crippen LogP contribution in [0.3, 0.4) is 0 Å². The van der Waals surface area contributed by atoms with E-state index < -0.39 is 11.9 Å². The molecule has 3 heterocycles. The Balaban J connectivity index is 1.74. The summed E-state index contributed by atoms with van der Waals surface area (Å²) in [5, 5.41) is 3.43. The number of nitrogens with zero attached hydrogens (tertiary/aromatic N) is 5. The van der Waals surface area contributed by atoms with E-state index in [0.29, 0.717) is 43.9 Å². The molecule has 1 aliphatic rings. The second-order valence-corrected chi connectivity index (χ2v) is 6.73. The van der Waals surface area contributed by atoms with Crippen molar-refractivity contribution in [1.29, 1.82) is 0 Å². The van der Waals surface area contributed by atoms with E-state index in [1.165, 1.54) is 13.4 Å². The number of aryl methyl sites for hydroxylation is 1. The number of alkyl halides is 3. The van der Waals surface area contributed by atoms with E-state index in [1.807, 2.05) is 4.90 Å². The molecule has 0 bridgehead atoms. The second kappa shape index (κ2) is 8.26. The minimum atomic E-state index is -4.56. The Morgan fingerprint density at radius 1 is 1.28 bits per heavy atom. The fourth-order valence-corrected chi connectivity index (χ4v) is 3.22. The largest absolute Gasteiger partial charge is 0.466 e. The predicted molar refractivity (Wildman–Crippen MR) is 96.6 cm³/mol. The van der Waals surface area contributed by atoms with Gasteiger partial charge in [-0.1, -0.05) is 0 Å². The topological polar surface area (TPSA) is 82.4 Å². The molecule has 0 saturated carbocycles. The lowest BCUT2D eigenvalue weighted by Crippen LogP contribution is -2.37. The number of rotatable bonds is 5. The summed E-state index contributed by atoms with van der Waals surface area (Å²) in [5.41, 5.74) is -0.445. The maximum Gasteiger partial charge on any atom is 0.435 e. The van der Waals surface area contributed by atoms with Crippen molar-refractivity contribution in [2.45, 2.75) is 32.9 Å². The highest BCUT2D eigenvalue weighted by atomic mass is 19.4. The molecule has 158 valence electrons. The lowest BCUT2D eigenvalue weighted by Gasteiger charge is -2.32. The van der Waals surface area contributed by atoms with Gasteiger partial charge in [-0.25, -0.2) is 14.6 Å². The molecule has 2 aromatic rings. The van der Waals surface area contributed by atoms with Crippen molar-refractivity contribution in [1.82, 2.24) is 19.7 Å². The Kier molecular flexibility index (Phi) is 5.94. The standard InChI is InChI=1S/C18H22F3N5O3/c1-4-28-17(27)12-5-7-26(8-6-12)15-11(2)16(23-10-22-15)29-14-9-13(18(19,20)21)24-25(14)3/h9-10,12H,4-8H2,1-3H3. The van der Waals surface area contributed by atoms with Crippen LogP contribution in [-0.2, 0) is 22.8 Å². The summed E-state index contributed by atoms with van der Waals surface area (Å²) in [6, 6.07) is 0.825. The van der Waals surface area contributed by atoms with E-state index in [9.17, 15) is 18.0 Å². The molecule has 0 N–H and O–H groups in total. The molecule has 3 rings (SSSR count). The summed E-state index contributed by atoms with van der Waals surface area (Å²) in [4.78, 5) is 22.2. The fraction of sp³-hybridized carbons (Fsp3) is 0.556. The number of ether oxygens (including phenoxy) is 2.